The molecule has 1 amide bonds. The lowest BCUT2D eigenvalue weighted by Crippen LogP contribution is -2.50. The topological polar surface area (TPSA) is 41.6 Å². The lowest BCUT2D eigenvalue weighted by molar-refractivity contribution is 0.117. The first-order valence-corrected chi connectivity index (χ1v) is 6.81. The first-order valence-electron chi connectivity index (χ1n) is 6.81. The van der Waals surface area contributed by atoms with Crippen molar-refractivity contribution < 1.29 is 9.53 Å². The van der Waals surface area contributed by atoms with E-state index in [-0.39, 0.29) is 12.1 Å². The zero-order chi connectivity index (χ0) is 13.7. The molecule has 0 spiro atoms. The van der Waals surface area contributed by atoms with Gasteiger partial charge in [-0.15, -0.1) is 0 Å². The van der Waals surface area contributed by atoms with Crippen LogP contribution in [0.2, 0.25) is 0 Å². The van der Waals surface area contributed by atoms with Crippen LogP contribution in [0.4, 0.5) is 4.79 Å². The Bertz CT molecular complexity index is 408. The van der Waals surface area contributed by atoms with Gasteiger partial charge in [0.1, 0.15) is 6.61 Å². The van der Waals surface area contributed by atoms with E-state index in [0.29, 0.717) is 12.5 Å². The number of carbonyl (C=O) groups excluding carboxylic acids is 1. The van der Waals surface area contributed by atoms with Crippen LogP contribution < -0.4 is 5.32 Å². The van der Waals surface area contributed by atoms with E-state index >= 15 is 0 Å². The molecule has 1 aromatic carbocycles. The van der Waals surface area contributed by atoms with Crippen molar-refractivity contribution in [3.05, 3.63) is 35.9 Å². The zero-order valence-electron chi connectivity index (χ0n) is 11.6. The summed E-state index contributed by atoms with van der Waals surface area (Å²) in [5.74, 6) is 0.500. The molecule has 1 aliphatic heterocycles. The summed E-state index contributed by atoms with van der Waals surface area (Å²) in [6, 6.07) is 9.91. The lowest BCUT2D eigenvalue weighted by Gasteiger charge is -2.34. The average molecular weight is 262 g/mol. The maximum atomic E-state index is 11.8. The van der Waals surface area contributed by atoms with Crippen LogP contribution in [0.25, 0.3) is 0 Å². The van der Waals surface area contributed by atoms with E-state index in [9.17, 15) is 4.79 Å². The largest absolute Gasteiger partial charge is 0.445 e. The molecule has 0 unspecified atom stereocenters. The molecule has 19 heavy (non-hydrogen) atoms. The second kappa shape index (κ2) is 6.57. The van der Waals surface area contributed by atoms with Gasteiger partial charge in [-0.1, -0.05) is 37.3 Å². The highest BCUT2D eigenvalue weighted by Gasteiger charge is 2.25. The van der Waals surface area contributed by atoms with E-state index in [1.165, 1.54) is 0 Å². The summed E-state index contributed by atoms with van der Waals surface area (Å²) >= 11 is 0. The van der Waals surface area contributed by atoms with E-state index in [1.54, 1.807) is 0 Å². The third-order valence-corrected chi connectivity index (χ3v) is 3.68. The summed E-state index contributed by atoms with van der Waals surface area (Å²) in [6.07, 6.45) is 0.788. The number of nitrogens with one attached hydrogen (secondary N) is 1. The molecule has 2 rings (SSSR count). The Labute approximate surface area is 114 Å². The van der Waals surface area contributed by atoms with Crippen LogP contribution in [0.5, 0.6) is 0 Å². The number of alkyl carbamates (subject to hydrolysis) is 1. The smallest absolute Gasteiger partial charge is 0.407 e. The van der Waals surface area contributed by atoms with Crippen LogP contribution >= 0.6 is 0 Å². The fraction of sp³-hybridized carbons (Fsp3) is 0.533. The molecule has 4 nitrogen and oxygen atoms in total. The van der Waals surface area contributed by atoms with Gasteiger partial charge in [-0.05, 0) is 31.5 Å². The summed E-state index contributed by atoms with van der Waals surface area (Å²) < 4.78 is 5.25. The van der Waals surface area contributed by atoms with Crippen molar-refractivity contribution in [2.75, 3.05) is 20.1 Å². The minimum absolute atomic E-state index is 0.182. The summed E-state index contributed by atoms with van der Waals surface area (Å²) in [6.45, 7) is 4.48. The minimum atomic E-state index is -0.323. The van der Waals surface area contributed by atoms with Gasteiger partial charge in [0.25, 0.3) is 0 Å². The van der Waals surface area contributed by atoms with Crippen molar-refractivity contribution >= 4 is 6.09 Å². The fourth-order valence-corrected chi connectivity index (χ4v) is 2.34. The lowest BCUT2D eigenvalue weighted by atomic mass is 9.94. The maximum absolute atomic E-state index is 11.8. The normalized spacial score (nSPS) is 23.9. The molecule has 0 radical (unpaired) electrons. The number of hydrogen-bond donors (Lipinski definition) is 1. The first-order chi connectivity index (χ1) is 9.15. The molecule has 0 aromatic heterocycles. The summed E-state index contributed by atoms with van der Waals surface area (Å²) in [5, 5.41) is 2.97. The van der Waals surface area contributed by atoms with Gasteiger partial charge in [0.05, 0.1) is 0 Å². The van der Waals surface area contributed by atoms with E-state index in [4.69, 9.17) is 4.74 Å². The number of likely N-dealkylation sites (N-methyl/N-ethyl adjacent to an activating group) is 1. The number of likely N-dealkylation sites (tertiary alicyclic amines) is 1. The molecule has 4 heteroatoms. The molecule has 1 aromatic rings. The third-order valence-electron chi connectivity index (χ3n) is 3.68. The first kappa shape index (κ1) is 13.9. The van der Waals surface area contributed by atoms with Crippen LogP contribution in [-0.2, 0) is 11.3 Å². The predicted octanol–water partition coefficient (Wildman–Crippen LogP) is 2.25. The number of amides is 1. The van der Waals surface area contributed by atoms with E-state index in [1.807, 2.05) is 30.3 Å². The summed E-state index contributed by atoms with van der Waals surface area (Å²) in [7, 11) is 2.08. The Morgan fingerprint density at radius 3 is 2.89 bits per heavy atom. The van der Waals surface area contributed by atoms with Crippen molar-refractivity contribution in [2.45, 2.75) is 26.0 Å². The Morgan fingerprint density at radius 2 is 2.16 bits per heavy atom. The van der Waals surface area contributed by atoms with Gasteiger partial charge in [-0.25, -0.2) is 4.79 Å². The molecular formula is C15H22N2O2. The standard InChI is InChI=1S/C15H22N2O2/c1-12-8-9-17(2)10-14(12)16-15(18)19-11-13-6-4-3-5-7-13/h3-7,12,14H,8-11H2,1-2H3,(H,16,18)/t12-,14+/m1/s1. The van der Waals surface area contributed by atoms with Gasteiger partial charge in [0.15, 0.2) is 0 Å². The number of benzene rings is 1. The highest BCUT2D eigenvalue weighted by Crippen LogP contribution is 2.16. The average Bonchev–Trinajstić information content (AvgIpc) is 2.42. The second-order valence-corrected chi connectivity index (χ2v) is 5.34. The summed E-state index contributed by atoms with van der Waals surface area (Å²) in [5.41, 5.74) is 1.01. The number of ether oxygens (including phenoxy) is 1. The van der Waals surface area contributed by atoms with Gasteiger partial charge in [-0.2, -0.15) is 0 Å². The highest BCUT2D eigenvalue weighted by atomic mass is 16.5. The molecule has 1 aliphatic rings. The predicted molar refractivity (Wildman–Crippen MR) is 74.8 cm³/mol. The molecular weight excluding hydrogens is 240 g/mol. The number of piperidine rings is 1. The van der Waals surface area contributed by atoms with Crippen molar-refractivity contribution in [3.63, 3.8) is 0 Å². The molecule has 2 atom stereocenters. The molecule has 104 valence electrons. The molecule has 1 N–H and O–H groups in total. The Kier molecular flexibility index (Phi) is 4.80. The van der Waals surface area contributed by atoms with E-state index < -0.39 is 0 Å². The van der Waals surface area contributed by atoms with Crippen LogP contribution in [0.3, 0.4) is 0 Å². The zero-order valence-corrected chi connectivity index (χ0v) is 11.6. The maximum Gasteiger partial charge on any atom is 0.407 e. The van der Waals surface area contributed by atoms with Crippen molar-refractivity contribution in [1.29, 1.82) is 0 Å². The third kappa shape index (κ3) is 4.24. The van der Waals surface area contributed by atoms with Crippen molar-refractivity contribution in [2.24, 2.45) is 5.92 Å². The SMILES string of the molecule is C[C@@H]1CCN(C)C[C@@H]1NC(=O)OCc1ccccc1. The van der Waals surface area contributed by atoms with Crippen LogP contribution in [0, 0.1) is 5.92 Å². The van der Waals surface area contributed by atoms with E-state index in [2.05, 4.69) is 24.2 Å². The van der Waals surface area contributed by atoms with Crippen LogP contribution in [0.1, 0.15) is 18.9 Å². The second-order valence-electron chi connectivity index (χ2n) is 5.34. The molecule has 0 aliphatic carbocycles. The van der Waals surface area contributed by atoms with Crippen LogP contribution in [-0.4, -0.2) is 37.2 Å². The number of carbonyl (C=O) groups is 1. The van der Waals surface area contributed by atoms with Gasteiger partial charge >= 0.3 is 6.09 Å². The molecule has 0 saturated carbocycles. The van der Waals surface area contributed by atoms with Crippen molar-refractivity contribution in [3.8, 4) is 0 Å². The monoisotopic (exact) mass is 262 g/mol. The number of hydrogen-bond acceptors (Lipinski definition) is 3. The van der Waals surface area contributed by atoms with E-state index in [0.717, 1.165) is 25.1 Å². The van der Waals surface area contributed by atoms with Gasteiger partial charge < -0.3 is 15.0 Å². The van der Waals surface area contributed by atoms with Gasteiger partial charge in [-0.3, -0.25) is 0 Å². The molecule has 1 fully saturated rings. The van der Waals surface area contributed by atoms with Gasteiger partial charge in [0.2, 0.25) is 0 Å². The van der Waals surface area contributed by atoms with Crippen LogP contribution in [0.15, 0.2) is 30.3 Å². The quantitative estimate of drug-likeness (QED) is 0.908. The van der Waals surface area contributed by atoms with Crippen molar-refractivity contribution in [1.82, 2.24) is 10.2 Å². The molecule has 1 heterocycles. The van der Waals surface area contributed by atoms with Gasteiger partial charge in [0, 0.05) is 12.6 Å². The number of rotatable bonds is 3. The Balaban J connectivity index is 1.77. The fourth-order valence-electron chi connectivity index (χ4n) is 2.34. The molecule has 0 bridgehead atoms. The Morgan fingerprint density at radius 1 is 1.42 bits per heavy atom. The summed E-state index contributed by atoms with van der Waals surface area (Å²) in [4.78, 5) is 14.0. The minimum Gasteiger partial charge on any atom is -0.445 e. The number of nitrogens with zero attached hydrogens (tertiary/aromatic N) is 1. The Hall–Kier alpha value is -1.55. The highest BCUT2D eigenvalue weighted by molar-refractivity contribution is 5.67. The molecule has 1 saturated heterocycles.